The van der Waals surface area contributed by atoms with Crippen molar-refractivity contribution >= 4 is 5.97 Å². The Morgan fingerprint density at radius 2 is 2.25 bits per heavy atom. The van der Waals surface area contributed by atoms with Crippen molar-refractivity contribution in [2.45, 2.75) is 45.6 Å². The smallest absolute Gasteiger partial charge is 0.311 e. The Labute approximate surface area is 118 Å². The van der Waals surface area contributed by atoms with E-state index in [-0.39, 0.29) is 31.3 Å². The van der Waals surface area contributed by atoms with Gasteiger partial charge in [-0.1, -0.05) is 13.8 Å². The summed E-state index contributed by atoms with van der Waals surface area (Å²) in [6.07, 6.45) is 2.97. The van der Waals surface area contributed by atoms with Gasteiger partial charge in [-0.25, -0.2) is 0 Å². The first-order valence-corrected chi connectivity index (χ1v) is 6.98. The zero-order chi connectivity index (χ0) is 15.0. The topological polar surface area (TPSA) is 97.4 Å². The number of carbonyl (C=O) groups is 1. The van der Waals surface area contributed by atoms with Gasteiger partial charge in [-0.2, -0.15) is 0 Å². The van der Waals surface area contributed by atoms with Crippen LogP contribution >= 0.6 is 0 Å². The number of hydrogen-bond donors (Lipinski definition) is 1. The normalized spacial score (nSPS) is 19.5. The van der Waals surface area contributed by atoms with E-state index in [1.54, 1.807) is 0 Å². The highest BCUT2D eigenvalue weighted by atomic mass is 16.8. The summed E-state index contributed by atoms with van der Waals surface area (Å²) >= 11 is 0. The predicted octanol–water partition coefficient (Wildman–Crippen LogP) is 1.19. The Bertz CT molecular complexity index is 333. The second kappa shape index (κ2) is 8.57. The van der Waals surface area contributed by atoms with Gasteiger partial charge in [0.25, 0.3) is 6.79 Å². The summed E-state index contributed by atoms with van der Waals surface area (Å²) in [5.41, 5.74) is 0. The van der Waals surface area contributed by atoms with Gasteiger partial charge in [-0.05, 0) is 25.7 Å². The summed E-state index contributed by atoms with van der Waals surface area (Å²) in [7, 11) is 0. The number of hydrogen-bond acceptors (Lipinski definition) is 6. The molecule has 116 valence electrons. The molecule has 20 heavy (non-hydrogen) atoms. The highest BCUT2D eigenvalue weighted by Crippen LogP contribution is 2.16. The Hall–Kier alpha value is -1.57. The molecular weight excluding hydrogens is 266 g/mol. The first-order valence-electron chi connectivity index (χ1n) is 6.98. The van der Waals surface area contributed by atoms with Gasteiger partial charge in [0.05, 0.1) is 24.0 Å². The highest BCUT2D eigenvalue weighted by molar-refractivity contribution is 5.72. The lowest BCUT2D eigenvalue weighted by molar-refractivity contribution is -0.715. The van der Waals surface area contributed by atoms with E-state index in [0.717, 1.165) is 12.8 Å². The highest BCUT2D eigenvalue weighted by Gasteiger charge is 2.30. The van der Waals surface area contributed by atoms with Crippen LogP contribution in [0.4, 0.5) is 0 Å². The van der Waals surface area contributed by atoms with Crippen molar-refractivity contribution in [1.82, 2.24) is 5.01 Å². The van der Waals surface area contributed by atoms with E-state index < -0.39 is 0 Å². The minimum Gasteiger partial charge on any atom is -0.569 e. The summed E-state index contributed by atoms with van der Waals surface area (Å²) in [6, 6.07) is -0.230. The molecule has 8 heteroatoms. The molecule has 0 saturated carbocycles. The number of aliphatic hydroxyl groups excluding tert-OH is 1. The lowest BCUT2D eigenvalue weighted by Crippen LogP contribution is -2.37. The molecule has 1 fully saturated rings. The van der Waals surface area contributed by atoms with E-state index in [2.05, 4.69) is 10.1 Å². The van der Waals surface area contributed by atoms with Gasteiger partial charge >= 0.3 is 5.97 Å². The first kappa shape index (κ1) is 16.5. The van der Waals surface area contributed by atoms with Crippen LogP contribution in [-0.2, 0) is 14.4 Å². The van der Waals surface area contributed by atoms with E-state index >= 15 is 0 Å². The number of ether oxygens (including phenoxy) is 1. The summed E-state index contributed by atoms with van der Waals surface area (Å²) in [6.45, 7) is 3.85. The van der Waals surface area contributed by atoms with E-state index in [4.69, 9.17) is 9.84 Å². The van der Waals surface area contributed by atoms with Gasteiger partial charge in [-0.15, -0.1) is 5.01 Å². The fraction of sp³-hybridized carbons (Fsp3) is 0.917. The van der Waals surface area contributed by atoms with Gasteiger partial charge < -0.3 is 19.9 Å². The molecule has 0 aromatic rings. The maximum atomic E-state index is 11.6. The molecule has 0 radical (unpaired) electrons. The second-order valence-electron chi connectivity index (χ2n) is 4.70. The van der Waals surface area contributed by atoms with Crippen LogP contribution in [0.15, 0.2) is 5.28 Å². The zero-order valence-electron chi connectivity index (χ0n) is 12.0. The second-order valence-corrected chi connectivity index (χ2v) is 4.70. The van der Waals surface area contributed by atoms with Crippen LogP contribution in [0.3, 0.4) is 0 Å². The van der Waals surface area contributed by atoms with E-state index in [1.807, 2.05) is 13.8 Å². The van der Waals surface area contributed by atoms with Crippen molar-refractivity contribution in [3.63, 3.8) is 0 Å². The molecule has 8 nitrogen and oxygen atoms in total. The fourth-order valence-electron chi connectivity index (χ4n) is 2.18. The van der Waals surface area contributed by atoms with Crippen LogP contribution in [0.25, 0.3) is 0 Å². The standard InChI is InChI=1S/C12H23N3O5/c1-3-10(4-2)12(17)19-9-20-13-15(18)14-7-5-6-11(14)8-16/h10-11,16H,3-9H2,1-2H3/b15-13-. The summed E-state index contributed by atoms with van der Waals surface area (Å²) < 4.78 is 4.86. The van der Waals surface area contributed by atoms with Crippen molar-refractivity contribution in [3.8, 4) is 0 Å². The third kappa shape index (κ3) is 4.52. The zero-order valence-corrected chi connectivity index (χ0v) is 12.0. The monoisotopic (exact) mass is 289 g/mol. The average molecular weight is 289 g/mol. The van der Waals surface area contributed by atoms with E-state index in [0.29, 0.717) is 24.4 Å². The van der Waals surface area contributed by atoms with E-state index in [1.165, 1.54) is 5.01 Å². The Balaban J connectivity index is 2.32. The van der Waals surface area contributed by atoms with Crippen molar-refractivity contribution in [3.05, 3.63) is 5.21 Å². The Morgan fingerprint density at radius 1 is 1.55 bits per heavy atom. The van der Waals surface area contributed by atoms with Crippen LogP contribution in [0, 0.1) is 11.1 Å². The maximum Gasteiger partial charge on any atom is 0.311 e. The summed E-state index contributed by atoms with van der Waals surface area (Å²) in [5.74, 6) is -0.503. The van der Waals surface area contributed by atoms with Crippen LogP contribution in [0.1, 0.15) is 39.5 Å². The molecule has 1 N–H and O–H groups in total. The lowest BCUT2D eigenvalue weighted by atomic mass is 10.0. The average Bonchev–Trinajstić information content (AvgIpc) is 2.93. The Morgan fingerprint density at radius 3 is 2.85 bits per heavy atom. The number of carbonyl (C=O) groups excluding carboxylic acids is 1. The summed E-state index contributed by atoms with van der Waals surface area (Å²) in [4.78, 5) is 16.5. The number of rotatable bonds is 8. The van der Waals surface area contributed by atoms with E-state index in [9.17, 15) is 10.0 Å². The van der Waals surface area contributed by atoms with Crippen LogP contribution in [0.5, 0.6) is 0 Å². The molecule has 1 aliphatic heterocycles. The molecule has 0 bridgehead atoms. The molecule has 1 atom stereocenters. The minimum absolute atomic E-state index is 0.0993. The number of hydrazine groups is 1. The van der Waals surface area contributed by atoms with Crippen molar-refractivity contribution in [2.24, 2.45) is 11.2 Å². The van der Waals surface area contributed by atoms with Crippen molar-refractivity contribution in [2.75, 3.05) is 19.9 Å². The quantitative estimate of drug-likeness (QED) is 0.180. The van der Waals surface area contributed by atoms with Gasteiger partial charge in [-0.3, -0.25) is 4.79 Å². The summed E-state index contributed by atoms with van der Waals surface area (Å²) in [5, 5.41) is 25.4. The molecule has 1 aliphatic rings. The SMILES string of the molecule is CCC(CC)C(=O)OCO/N=[N+](\[O-])N1CCCC1CO. The molecule has 1 saturated heterocycles. The molecule has 0 spiro atoms. The molecule has 0 aromatic heterocycles. The third-order valence-electron chi connectivity index (χ3n) is 3.48. The van der Waals surface area contributed by atoms with Gasteiger partial charge in [0.2, 0.25) is 5.28 Å². The lowest BCUT2D eigenvalue weighted by Gasteiger charge is -2.17. The van der Waals surface area contributed by atoms with Crippen molar-refractivity contribution in [1.29, 1.82) is 0 Å². The number of nitrogens with zero attached hydrogens (tertiary/aromatic N) is 3. The Kier molecular flexibility index (Phi) is 7.06. The van der Waals surface area contributed by atoms with Gasteiger partial charge in [0.15, 0.2) is 0 Å². The van der Waals surface area contributed by atoms with Crippen molar-refractivity contribution < 1.29 is 24.4 Å². The molecule has 1 heterocycles. The molecule has 1 unspecified atom stereocenters. The molecule has 1 rings (SSSR count). The molecule has 0 aromatic carbocycles. The van der Waals surface area contributed by atoms with Crippen LogP contribution in [-0.4, -0.2) is 47.0 Å². The molecule has 0 aliphatic carbocycles. The van der Waals surface area contributed by atoms with Gasteiger partial charge in [0, 0.05) is 0 Å². The van der Waals surface area contributed by atoms with Crippen LogP contribution < -0.4 is 0 Å². The molecular formula is C12H23N3O5. The fourth-order valence-corrected chi connectivity index (χ4v) is 2.18. The molecule has 0 amide bonds. The number of aliphatic hydroxyl groups is 1. The minimum atomic E-state index is -0.383. The third-order valence-corrected chi connectivity index (χ3v) is 3.48. The first-order chi connectivity index (χ1) is 9.63. The van der Waals surface area contributed by atoms with Crippen LogP contribution in [0.2, 0.25) is 0 Å². The predicted molar refractivity (Wildman–Crippen MR) is 69.0 cm³/mol. The maximum absolute atomic E-state index is 11.6. The number of esters is 1. The van der Waals surface area contributed by atoms with Gasteiger partial charge in [0.1, 0.15) is 6.04 Å². The largest absolute Gasteiger partial charge is 0.569 e.